The fraction of sp³-hybridized carbons (Fsp3) is 0.500. The number of aliphatic hydroxyl groups is 1. The molecular weight excluding hydrogens is 216 g/mol. The van der Waals surface area contributed by atoms with Gasteiger partial charge in [-0.25, -0.2) is 4.68 Å². The zero-order valence-electron chi connectivity index (χ0n) is 10.7. The van der Waals surface area contributed by atoms with Crippen LogP contribution in [0.15, 0.2) is 12.3 Å². The predicted molar refractivity (Wildman–Crippen MR) is 65.1 cm³/mol. The first-order valence-electron chi connectivity index (χ1n) is 5.74. The van der Waals surface area contributed by atoms with Crippen LogP contribution in [0.3, 0.4) is 0 Å². The average Bonchev–Trinajstić information content (AvgIpc) is 2.82. The highest BCUT2D eigenvalue weighted by Crippen LogP contribution is 2.19. The average molecular weight is 234 g/mol. The first-order chi connectivity index (χ1) is 8.04. The molecule has 0 aliphatic heterocycles. The SMILES string of the molecule is Cc1nn(C)c(-n2ccc(C(C)C)n2)c1CO. The van der Waals surface area contributed by atoms with E-state index in [-0.39, 0.29) is 6.61 Å². The molecule has 2 aromatic rings. The molecule has 0 spiro atoms. The molecule has 92 valence electrons. The van der Waals surface area contributed by atoms with Gasteiger partial charge in [0.05, 0.1) is 18.0 Å². The van der Waals surface area contributed by atoms with Crippen LogP contribution in [0, 0.1) is 6.92 Å². The summed E-state index contributed by atoms with van der Waals surface area (Å²) >= 11 is 0. The monoisotopic (exact) mass is 234 g/mol. The maximum absolute atomic E-state index is 9.40. The molecule has 0 unspecified atom stereocenters. The second kappa shape index (κ2) is 4.33. The highest BCUT2D eigenvalue weighted by Gasteiger charge is 2.15. The molecule has 1 N–H and O–H groups in total. The summed E-state index contributed by atoms with van der Waals surface area (Å²) in [5.41, 5.74) is 2.70. The van der Waals surface area contributed by atoms with Crippen molar-refractivity contribution in [2.45, 2.75) is 33.3 Å². The lowest BCUT2D eigenvalue weighted by atomic mass is 10.1. The zero-order valence-corrected chi connectivity index (χ0v) is 10.7. The maximum Gasteiger partial charge on any atom is 0.157 e. The van der Waals surface area contributed by atoms with Crippen molar-refractivity contribution in [1.29, 1.82) is 0 Å². The van der Waals surface area contributed by atoms with Crippen LogP contribution in [0.1, 0.15) is 36.7 Å². The van der Waals surface area contributed by atoms with Gasteiger partial charge in [-0.1, -0.05) is 13.8 Å². The van der Waals surface area contributed by atoms with Gasteiger partial charge in [0, 0.05) is 18.8 Å². The summed E-state index contributed by atoms with van der Waals surface area (Å²) in [7, 11) is 1.86. The summed E-state index contributed by atoms with van der Waals surface area (Å²) in [5.74, 6) is 1.22. The third-order valence-electron chi connectivity index (χ3n) is 2.89. The standard InChI is InChI=1S/C12H18N4O/c1-8(2)11-5-6-16(14-11)12-10(7-17)9(3)13-15(12)4/h5-6,8,17H,7H2,1-4H3. The first-order valence-corrected chi connectivity index (χ1v) is 5.74. The number of aryl methyl sites for hydroxylation is 2. The van der Waals surface area contributed by atoms with Crippen molar-refractivity contribution in [3.8, 4) is 5.82 Å². The summed E-state index contributed by atoms with van der Waals surface area (Å²) in [6.07, 6.45) is 1.91. The van der Waals surface area contributed by atoms with Gasteiger partial charge in [-0.05, 0) is 18.9 Å². The minimum absolute atomic E-state index is 0.0219. The van der Waals surface area contributed by atoms with Gasteiger partial charge >= 0.3 is 0 Å². The smallest absolute Gasteiger partial charge is 0.157 e. The van der Waals surface area contributed by atoms with Gasteiger partial charge in [0.15, 0.2) is 5.82 Å². The van der Waals surface area contributed by atoms with Crippen molar-refractivity contribution in [1.82, 2.24) is 19.6 Å². The fourth-order valence-corrected chi connectivity index (χ4v) is 1.93. The molecule has 0 saturated heterocycles. The van der Waals surface area contributed by atoms with Crippen LogP contribution in [-0.4, -0.2) is 24.7 Å². The van der Waals surface area contributed by atoms with E-state index in [0.717, 1.165) is 22.8 Å². The van der Waals surface area contributed by atoms with Gasteiger partial charge < -0.3 is 5.11 Å². The molecule has 0 fully saturated rings. The Bertz CT molecular complexity index is 525. The molecule has 17 heavy (non-hydrogen) atoms. The largest absolute Gasteiger partial charge is 0.391 e. The summed E-state index contributed by atoms with van der Waals surface area (Å²) in [4.78, 5) is 0. The van der Waals surface area contributed by atoms with Crippen molar-refractivity contribution in [2.24, 2.45) is 7.05 Å². The van der Waals surface area contributed by atoms with Crippen molar-refractivity contribution in [3.63, 3.8) is 0 Å². The highest BCUT2D eigenvalue weighted by molar-refractivity contribution is 5.37. The molecule has 2 aromatic heterocycles. The second-order valence-corrected chi connectivity index (χ2v) is 4.51. The summed E-state index contributed by atoms with van der Waals surface area (Å²) in [6, 6.07) is 1.99. The van der Waals surface area contributed by atoms with E-state index < -0.39 is 0 Å². The topological polar surface area (TPSA) is 55.9 Å². The third-order valence-corrected chi connectivity index (χ3v) is 2.89. The van der Waals surface area contributed by atoms with Crippen LogP contribution in [0.25, 0.3) is 5.82 Å². The number of aromatic nitrogens is 4. The Hall–Kier alpha value is -1.62. The van der Waals surface area contributed by atoms with Crippen molar-refractivity contribution in [3.05, 3.63) is 29.2 Å². The molecular formula is C12H18N4O. The molecule has 0 radical (unpaired) electrons. The Kier molecular flexibility index (Phi) is 3.02. The van der Waals surface area contributed by atoms with Gasteiger partial charge in [0.25, 0.3) is 0 Å². The third kappa shape index (κ3) is 1.98. The fourth-order valence-electron chi connectivity index (χ4n) is 1.93. The van der Waals surface area contributed by atoms with Gasteiger partial charge in [-0.2, -0.15) is 10.2 Å². The Morgan fingerprint density at radius 3 is 2.59 bits per heavy atom. The number of hydrogen-bond acceptors (Lipinski definition) is 3. The van der Waals surface area contributed by atoms with Gasteiger partial charge in [0.1, 0.15) is 0 Å². The van der Waals surface area contributed by atoms with Crippen LogP contribution >= 0.6 is 0 Å². The van der Waals surface area contributed by atoms with Crippen molar-refractivity contribution in [2.75, 3.05) is 0 Å². The molecule has 0 aliphatic rings. The Morgan fingerprint density at radius 2 is 2.06 bits per heavy atom. The lowest BCUT2D eigenvalue weighted by Gasteiger charge is -2.05. The van der Waals surface area contributed by atoms with Crippen LogP contribution in [0.5, 0.6) is 0 Å². The summed E-state index contributed by atoms with van der Waals surface area (Å²) in [5, 5.41) is 18.2. The highest BCUT2D eigenvalue weighted by atomic mass is 16.3. The van der Waals surface area contributed by atoms with E-state index in [1.807, 2.05) is 26.2 Å². The molecule has 0 aliphatic carbocycles. The van der Waals surface area contributed by atoms with Gasteiger partial charge in [-0.3, -0.25) is 4.68 Å². The maximum atomic E-state index is 9.40. The van der Waals surface area contributed by atoms with Crippen LogP contribution in [-0.2, 0) is 13.7 Å². The molecule has 0 amide bonds. The molecule has 0 aromatic carbocycles. The Labute approximate surface area is 101 Å². The lowest BCUT2D eigenvalue weighted by molar-refractivity contribution is 0.280. The molecule has 0 bridgehead atoms. The molecule has 5 nitrogen and oxygen atoms in total. The quantitative estimate of drug-likeness (QED) is 0.876. The minimum Gasteiger partial charge on any atom is -0.391 e. The molecule has 0 atom stereocenters. The minimum atomic E-state index is -0.0219. The molecule has 2 rings (SSSR count). The van der Waals surface area contributed by atoms with Crippen molar-refractivity contribution < 1.29 is 5.11 Å². The van der Waals surface area contributed by atoms with E-state index in [1.165, 1.54) is 0 Å². The second-order valence-electron chi connectivity index (χ2n) is 4.51. The molecule has 2 heterocycles. The van der Waals surface area contributed by atoms with Crippen LogP contribution < -0.4 is 0 Å². The van der Waals surface area contributed by atoms with E-state index in [9.17, 15) is 5.11 Å². The Morgan fingerprint density at radius 1 is 1.35 bits per heavy atom. The van der Waals surface area contributed by atoms with Gasteiger partial charge in [-0.15, -0.1) is 0 Å². The number of hydrogen-bond donors (Lipinski definition) is 1. The molecule has 0 saturated carbocycles. The summed E-state index contributed by atoms with van der Waals surface area (Å²) < 4.78 is 3.53. The van der Waals surface area contributed by atoms with E-state index in [4.69, 9.17) is 0 Å². The summed E-state index contributed by atoms with van der Waals surface area (Å²) in [6.45, 7) is 6.08. The van der Waals surface area contributed by atoms with Crippen LogP contribution in [0.2, 0.25) is 0 Å². The van der Waals surface area contributed by atoms with E-state index in [1.54, 1.807) is 9.36 Å². The first kappa shape index (κ1) is 11.9. The molecule has 5 heteroatoms. The zero-order chi connectivity index (χ0) is 12.6. The number of nitrogens with zero attached hydrogens (tertiary/aromatic N) is 4. The number of rotatable bonds is 3. The van der Waals surface area contributed by atoms with E-state index in [0.29, 0.717) is 5.92 Å². The van der Waals surface area contributed by atoms with E-state index in [2.05, 4.69) is 24.0 Å². The van der Waals surface area contributed by atoms with Crippen molar-refractivity contribution >= 4 is 0 Å². The Balaban J connectivity index is 2.52. The van der Waals surface area contributed by atoms with Crippen LogP contribution in [0.4, 0.5) is 0 Å². The van der Waals surface area contributed by atoms with Gasteiger partial charge in [0.2, 0.25) is 0 Å². The predicted octanol–water partition coefficient (Wildman–Crippen LogP) is 1.53. The lowest BCUT2D eigenvalue weighted by Crippen LogP contribution is -2.06. The normalized spacial score (nSPS) is 11.4. The number of aliphatic hydroxyl groups excluding tert-OH is 1. The van der Waals surface area contributed by atoms with E-state index >= 15 is 0 Å².